The van der Waals surface area contributed by atoms with Crippen LogP contribution in [0.25, 0.3) is 0 Å². The molecule has 100 valence electrons. The molecule has 1 atom stereocenters. The average molecular weight is 258 g/mol. The molecule has 0 saturated carbocycles. The van der Waals surface area contributed by atoms with Gasteiger partial charge in [0, 0.05) is 12.7 Å². The molecule has 0 aliphatic carbocycles. The zero-order chi connectivity index (χ0) is 13.5. The van der Waals surface area contributed by atoms with Crippen molar-refractivity contribution in [1.82, 2.24) is 0 Å². The van der Waals surface area contributed by atoms with E-state index >= 15 is 0 Å². The Labute approximate surface area is 104 Å². The van der Waals surface area contributed by atoms with E-state index in [1.807, 2.05) is 0 Å². The molecule has 1 rings (SSSR count). The summed E-state index contributed by atoms with van der Waals surface area (Å²) in [6, 6.07) is 3.14. The molecular formula is C12H15FO5. The van der Waals surface area contributed by atoms with Crippen LogP contribution in [-0.4, -0.2) is 42.1 Å². The summed E-state index contributed by atoms with van der Waals surface area (Å²) in [4.78, 5) is 10.7. The van der Waals surface area contributed by atoms with Gasteiger partial charge in [0.25, 0.3) is 0 Å². The van der Waals surface area contributed by atoms with Gasteiger partial charge in [0.15, 0.2) is 0 Å². The van der Waals surface area contributed by atoms with Gasteiger partial charge in [0.2, 0.25) is 0 Å². The van der Waals surface area contributed by atoms with Crippen molar-refractivity contribution < 1.29 is 28.9 Å². The minimum absolute atomic E-state index is 0.0583. The second-order valence-corrected chi connectivity index (χ2v) is 3.61. The van der Waals surface area contributed by atoms with Crippen molar-refractivity contribution in [3.05, 3.63) is 29.6 Å². The number of rotatable bonds is 7. The Hall–Kier alpha value is -1.66. The SMILES string of the molecule is CCOCC(O)COc1cc(F)cc(C(=O)O)c1. The number of hydrogen-bond acceptors (Lipinski definition) is 4. The highest BCUT2D eigenvalue weighted by molar-refractivity contribution is 5.88. The summed E-state index contributed by atoms with van der Waals surface area (Å²) in [5.41, 5.74) is -0.204. The monoisotopic (exact) mass is 258 g/mol. The smallest absolute Gasteiger partial charge is 0.335 e. The van der Waals surface area contributed by atoms with Crippen LogP contribution >= 0.6 is 0 Å². The fourth-order valence-electron chi connectivity index (χ4n) is 1.26. The number of benzene rings is 1. The third-order valence-corrected chi connectivity index (χ3v) is 2.07. The predicted octanol–water partition coefficient (Wildman–Crippen LogP) is 1.30. The summed E-state index contributed by atoms with van der Waals surface area (Å²) in [7, 11) is 0. The van der Waals surface area contributed by atoms with E-state index in [-0.39, 0.29) is 24.5 Å². The molecule has 1 aromatic carbocycles. The van der Waals surface area contributed by atoms with Gasteiger partial charge in [-0.3, -0.25) is 0 Å². The van der Waals surface area contributed by atoms with Crippen molar-refractivity contribution >= 4 is 5.97 Å². The number of carboxylic acid groups (broad SMARTS) is 1. The summed E-state index contributed by atoms with van der Waals surface area (Å²) in [6.07, 6.45) is -0.846. The van der Waals surface area contributed by atoms with E-state index in [0.29, 0.717) is 6.61 Å². The van der Waals surface area contributed by atoms with E-state index in [0.717, 1.165) is 12.1 Å². The second-order valence-electron chi connectivity index (χ2n) is 3.61. The molecule has 1 aromatic rings. The van der Waals surface area contributed by atoms with E-state index in [2.05, 4.69) is 0 Å². The summed E-state index contributed by atoms with van der Waals surface area (Å²) in [6.45, 7) is 2.28. The minimum Gasteiger partial charge on any atom is -0.491 e. The van der Waals surface area contributed by atoms with Crippen molar-refractivity contribution in [3.63, 3.8) is 0 Å². The van der Waals surface area contributed by atoms with Gasteiger partial charge in [-0.05, 0) is 19.1 Å². The Kier molecular flexibility index (Phi) is 5.54. The van der Waals surface area contributed by atoms with Gasteiger partial charge in [-0.2, -0.15) is 0 Å². The van der Waals surface area contributed by atoms with Gasteiger partial charge in [-0.15, -0.1) is 0 Å². The van der Waals surface area contributed by atoms with Crippen LogP contribution < -0.4 is 4.74 Å². The highest BCUT2D eigenvalue weighted by Gasteiger charge is 2.10. The van der Waals surface area contributed by atoms with Crippen LogP contribution in [0.3, 0.4) is 0 Å². The third-order valence-electron chi connectivity index (χ3n) is 2.07. The van der Waals surface area contributed by atoms with Crippen molar-refractivity contribution in [3.8, 4) is 5.75 Å². The fourth-order valence-corrected chi connectivity index (χ4v) is 1.26. The van der Waals surface area contributed by atoms with Gasteiger partial charge in [-0.1, -0.05) is 0 Å². The highest BCUT2D eigenvalue weighted by atomic mass is 19.1. The highest BCUT2D eigenvalue weighted by Crippen LogP contribution is 2.16. The lowest BCUT2D eigenvalue weighted by Gasteiger charge is -2.12. The van der Waals surface area contributed by atoms with E-state index in [1.54, 1.807) is 6.92 Å². The van der Waals surface area contributed by atoms with Crippen molar-refractivity contribution in [2.24, 2.45) is 0 Å². The summed E-state index contributed by atoms with van der Waals surface area (Å²) < 4.78 is 23.2. The molecule has 0 heterocycles. The first-order valence-corrected chi connectivity index (χ1v) is 5.45. The van der Waals surface area contributed by atoms with Gasteiger partial charge in [-0.25, -0.2) is 9.18 Å². The molecule has 0 aliphatic rings. The summed E-state index contributed by atoms with van der Waals surface area (Å²) >= 11 is 0. The number of ether oxygens (including phenoxy) is 2. The van der Waals surface area contributed by atoms with E-state index in [9.17, 15) is 14.3 Å². The van der Waals surface area contributed by atoms with Crippen LogP contribution in [-0.2, 0) is 4.74 Å². The maximum absolute atomic E-state index is 13.1. The molecule has 18 heavy (non-hydrogen) atoms. The number of aliphatic hydroxyl groups is 1. The molecule has 0 spiro atoms. The van der Waals surface area contributed by atoms with Gasteiger partial charge < -0.3 is 19.7 Å². The normalized spacial score (nSPS) is 12.2. The lowest BCUT2D eigenvalue weighted by molar-refractivity contribution is 0.0163. The lowest BCUT2D eigenvalue weighted by atomic mass is 10.2. The molecule has 0 saturated heterocycles. The summed E-state index contributed by atoms with van der Waals surface area (Å²) in [5, 5.41) is 18.2. The van der Waals surface area contributed by atoms with Gasteiger partial charge in [0.1, 0.15) is 24.3 Å². The Balaban J connectivity index is 2.59. The van der Waals surface area contributed by atoms with E-state index < -0.39 is 17.9 Å². The Morgan fingerprint density at radius 2 is 2.11 bits per heavy atom. The van der Waals surface area contributed by atoms with Crippen LogP contribution in [0.15, 0.2) is 18.2 Å². The number of aliphatic hydroxyl groups excluding tert-OH is 1. The fraction of sp³-hybridized carbons (Fsp3) is 0.417. The van der Waals surface area contributed by atoms with E-state index in [1.165, 1.54) is 6.07 Å². The first kappa shape index (κ1) is 14.4. The minimum atomic E-state index is -1.24. The lowest BCUT2D eigenvalue weighted by Crippen LogP contribution is -2.23. The zero-order valence-corrected chi connectivity index (χ0v) is 9.93. The van der Waals surface area contributed by atoms with Crippen LogP contribution in [0, 0.1) is 5.82 Å². The number of aromatic carboxylic acids is 1. The molecule has 1 unspecified atom stereocenters. The first-order valence-electron chi connectivity index (χ1n) is 5.45. The Bertz CT molecular complexity index is 407. The molecule has 0 radical (unpaired) electrons. The quantitative estimate of drug-likeness (QED) is 0.771. The zero-order valence-electron chi connectivity index (χ0n) is 9.93. The molecule has 0 fully saturated rings. The van der Waals surface area contributed by atoms with Gasteiger partial charge >= 0.3 is 5.97 Å². The third kappa shape index (κ3) is 4.68. The van der Waals surface area contributed by atoms with Crippen LogP contribution in [0.2, 0.25) is 0 Å². The van der Waals surface area contributed by atoms with Crippen molar-refractivity contribution in [1.29, 1.82) is 0 Å². The average Bonchev–Trinajstić information content (AvgIpc) is 2.33. The Morgan fingerprint density at radius 3 is 2.72 bits per heavy atom. The van der Waals surface area contributed by atoms with Crippen molar-refractivity contribution in [2.75, 3.05) is 19.8 Å². The topological polar surface area (TPSA) is 76.0 Å². The number of carboxylic acids is 1. The molecule has 2 N–H and O–H groups in total. The molecule has 6 heteroatoms. The van der Waals surface area contributed by atoms with Crippen LogP contribution in [0.5, 0.6) is 5.75 Å². The molecule has 0 amide bonds. The number of hydrogen-bond donors (Lipinski definition) is 2. The maximum Gasteiger partial charge on any atom is 0.335 e. The standard InChI is InChI=1S/C12H15FO5/c1-2-17-6-10(14)7-18-11-4-8(12(15)16)3-9(13)5-11/h3-5,10,14H,2,6-7H2,1H3,(H,15,16). The largest absolute Gasteiger partial charge is 0.491 e. The van der Waals surface area contributed by atoms with Crippen LogP contribution in [0.4, 0.5) is 4.39 Å². The molecule has 0 aliphatic heterocycles. The first-order chi connectivity index (χ1) is 8.52. The predicted molar refractivity (Wildman–Crippen MR) is 61.4 cm³/mol. The number of halogens is 1. The van der Waals surface area contributed by atoms with Crippen LogP contribution in [0.1, 0.15) is 17.3 Å². The molecular weight excluding hydrogens is 243 g/mol. The van der Waals surface area contributed by atoms with E-state index in [4.69, 9.17) is 14.6 Å². The molecule has 0 aromatic heterocycles. The Morgan fingerprint density at radius 1 is 1.39 bits per heavy atom. The molecule has 5 nitrogen and oxygen atoms in total. The van der Waals surface area contributed by atoms with Crippen molar-refractivity contribution in [2.45, 2.75) is 13.0 Å². The molecule has 0 bridgehead atoms. The summed E-state index contributed by atoms with van der Waals surface area (Å²) in [5.74, 6) is -1.89. The second kappa shape index (κ2) is 6.93. The maximum atomic E-state index is 13.1. The van der Waals surface area contributed by atoms with Gasteiger partial charge in [0.05, 0.1) is 12.2 Å². The number of carbonyl (C=O) groups is 1.